The number of nitrogens with zero attached hydrogens (tertiary/aromatic N) is 4. The zero-order valence-electron chi connectivity index (χ0n) is 19.5. The Labute approximate surface area is 201 Å². The van der Waals surface area contributed by atoms with Crippen LogP contribution in [0.5, 0.6) is 0 Å². The molecule has 1 unspecified atom stereocenters. The minimum atomic E-state index is -5.08. The van der Waals surface area contributed by atoms with Gasteiger partial charge in [0, 0.05) is 26.2 Å². The fourth-order valence-electron chi connectivity index (χ4n) is 3.63. The maximum absolute atomic E-state index is 12.8. The molecule has 196 valence electrons. The van der Waals surface area contributed by atoms with E-state index in [9.17, 15) is 26.4 Å². The highest BCUT2D eigenvalue weighted by molar-refractivity contribution is 7.89. The number of carboxylic acid groups (broad SMARTS) is 1. The van der Waals surface area contributed by atoms with Gasteiger partial charge < -0.3 is 14.8 Å². The predicted molar refractivity (Wildman–Crippen MR) is 120 cm³/mol. The summed E-state index contributed by atoms with van der Waals surface area (Å²) in [6.07, 6.45) is -0.194. The lowest BCUT2D eigenvalue weighted by atomic mass is 9.89. The average Bonchev–Trinajstić information content (AvgIpc) is 3.20. The van der Waals surface area contributed by atoms with Gasteiger partial charge in [0.2, 0.25) is 10.0 Å². The smallest absolute Gasteiger partial charge is 0.475 e. The molecule has 0 aliphatic carbocycles. The summed E-state index contributed by atoms with van der Waals surface area (Å²) in [6.45, 7) is 3.10. The van der Waals surface area contributed by atoms with E-state index in [4.69, 9.17) is 14.7 Å². The van der Waals surface area contributed by atoms with Crippen molar-refractivity contribution < 1.29 is 41.1 Å². The normalized spacial score (nSPS) is 20.4. The number of alkyl halides is 3. The van der Waals surface area contributed by atoms with Crippen LogP contribution in [0.15, 0.2) is 29.6 Å². The van der Waals surface area contributed by atoms with E-state index in [2.05, 4.69) is 10.1 Å². The number of carboxylic acids is 1. The van der Waals surface area contributed by atoms with Crippen molar-refractivity contribution in [3.05, 3.63) is 30.1 Å². The Kier molecular flexibility index (Phi) is 9.60. The zero-order chi connectivity index (χ0) is 26.3. The first-order valence-corrected chi connectivity index (χ1v) is 12.6. The zero-order valence-corrected chi connectivity index (χ0v) is 20.3. The summed E-state index contributed by atoms with van der Waals surface area (Å²) in [5.41, 5.74) is 0.402. The van der Waals surface area contributed by atoms with Crippen molar-refractivity contribution in [1.29, 1.82) is 0 Å². The van der Waals surface area contributed by atoms with Crippen molar-refractivity contribution in [3.8, 4) is 0 Å². The SMILES string of the molecule is CCCCS(=O)(=O)N1CCCC2(CC(C(=O)N(C)Cc3ccccn3)=NO2)C1.O=C(O)C(F)(F)F. The molecule has 0 radical (unpaired) electrons. The molecule has 1 aromatic rings. The molecule has 0 aromatic carbocycles. The van der Waals surface area contributed by atoms with E-state index in [0.29, 0.717) is 44.5 Å². The molecule has 1 aromatic heterocycles. The van der Waals surface area contributed by atoms with Crippen molar-refractivity contribution in [2.75, 3.05) is 25.9 Å². The molecule has 10 nitrogen and oxygen atoms in total. The van der Waals surface area contributed by atoms with Crippen LogP contribution in [0.2, 0.25) is 0 Å². The van der Waals surface area contributed by atoms with Crippen molar-refractivity contribution in [3.63, 3.8) is 0 Å². The number of rotatable bonds is 7. The lowest BCUT2D eigenvalue weighted by Gasteiger charge is -2.37. The first kappa shape index (κ1) is 28.5. The molecule has 1 N–H and O–H groups in total. The van der Waals surface area contributed by atoms with Gasteiger partial charge in [-0.25, -0.2) is 13.2 Å². The molecule has 3 rings (SSSR count). The minimum Gasteiger partial charge on any atom is -0.475 e. The molecular weight excluding hydrogens is 493 g/mol. The van der Waals surface area contributed by atoms with Gasteiger partial charge in [-0.05, 0) is 31.4 Å². The number of oxime groups is 1. The van der Waals surface area contributed by atoms with E-state index in [1.54, 1.807) is 18.1 Å². The molecule has 3 heterocycles. The summed E-state index contributed by atoms with van der Waals surface area (Å²) in [5, 5.41) is 11.2. The summed E-state index contributed by atoms with van der Waals surface area (Å²) in [4.78, 5) is 33.1. The summed E-state index contributed by atoms with van der Waals surface area (Å²) in [7, 11) is -1.60. The van der Waals surface area contributed by atoms with Crippen molar-refractivity contribution in [1.82, 2.24) is 14.2 Å². The number of carbonyl (C=O) groups excluding carboxylic acids is 1. The number of aromatic nitrogens is 1. The highest BCUT2D eigenvalue weighted by atomic mass is 32.2. The van der Waals surface area contributed by atoms with E-state index >= 15 is 0 Å². The van der Waals surface area contributed by atoms with Gasteiger partial charge in [0.1, 0.15) is 5.71 Å². The molecule has 35 heavy (non-hydrogen) atoms. The van der Waals surface area contributed by atoms with Crippen molar-refractivity contribution in [2.24, 2.45) is 5.16 Å². The minimum absolute atomic E-state index is 0.152. The summed E-state index contributed by atoms with van der Waals surface area (Å²) in [6, 6.07) is 5.56. The Balaban J connectivity index is 0.000000540. The fourth-order valence-corrected chi connectivity index (χ4v) is 5.38. The molecule has 1 spiro atoms. The van der Waals surface area contributed by atoms with Gasteiger partial charge in [0.25, 0.3) is 5.91 Å². The molecule has 0 bridgehead atoms. The van der Waals surface area contributed by atoms with Gasteiger partial charge in [-0.1, -0.05) is 24.6 Å². The number of hydrogen-bond donors (Lipinski definition) is 1. The lowest BCUT2D eigenvalue weighted by Crippen LogP contribution is -2.51. The highest BCUT2D eigenvalue weighted by Gasteiger charge is 2.47. The Hall–Kier alpha value is -2.74. The quantitative estimate of drug-likeness (QED) is 0.582. The number of piperidine rings is 1. The fraction of sp³-hybridized carbons (Fsp3) is 0.619. The van der Waals surface area contributed by atoms with Crippen LogP contribution in [-0.4, -0.2) is 83.0 Å². The summed E-state index contributed by atoms with van der Waals surface area (Å²) in [5.74, 6) is -2.82. The second kappa shape index (κ2) is 11.8. The number of pyridine rings is 1. The first-order valence-electron chi connectivity index (χ1n) is 11.0. The van der Waals surface area contributed by atoms with Gasteiger partial charge >= 0.3 is 12.1 Å². The Bertz CT molecular complexity index is 1020. The Morgan fingerprint density at radius 2 is 2.00 bits per heavy atom. The van der Waals surface area contributed by atoms with Crippen LogP contribution in [0.1, 0.15) is 44.7 Å². The van der Waals surface area contributed by atoms with Gasteiger partial charge in [0.05, 0.1) is 24.5 Å². The van der Waals surface area contributed by atoms with Gasteiger partial charge in [0.15, 0.2) is 5.60 Å². The van der Waals surface area contributed by atoms with Crippen LogP contribution >= 0.6 is 0 Å². The lowest BCUT2D eigenvalue weighted by molar-refractivity contribution is -0.192. The number of unbranched alkanes of at least 4 members (excludes halogenated alkanes) is 1. The van der Waals surface area contributed by atoms with E-state index in [0.717, 1.165) is 12.1 Å². The van der Waals surface area contributed by atoms with E-state index in [1.165, 1.54) is 4.31 Å². The number of amides is 1. The van der Waals surface area contributed by atoms with Crippen LogP contribution in [0.25, 0.3) is 0 Å². The Morgan fingerprint density at radius 3 is 2.57 bits per heavy atom. The third-order valence-corrected chi connectivity index (χ3v) is 7.36. The van der Waals surface area contributed by atoms with E-state index in [-0.39, 0.29) is 18.2 Å². The maximum atomic E-state index is 12.8. The number of halogens is 3. The maximum Gasteiger partial charge on any atom is 0.490 e. The van der Waals surface area contributed by atoms with E-state index in [1.807, 2.05) is 25.1 Å². The number of sulfonamides is 1. The van der Waals surface area contributed by atoms with Crippen LogP contribution in [0, 0.1) is 0 Å². The molecule has 14 heteroatoms. The molecule has 2 aliphatic rings. The van der Waals surface area contributed by atoms with Crippen LogP contribution in [0.3, 0.4) is 0 Å². The summed E-state index contributed by atoms with van der Waals surface area (Å²) >= 11 is 0. The van der Waals surface area contributed by atoms with Crippen LogP contribution in [-0.2, 0) is 31.0 Å². The molecular formula is C21H29F3N4O6S. The molecule has 2 aliphatic heterocycles. The first-order chi connectivity index (χ1) is 16.3. The second-order valence-corrected chi connectivity index (χ2v) is 10.5. The number of hydrogen-bond acceptors (Lipinski definition) is 7. The Morgan fingerprint density at radius 1 is 1.31 bits per heavy atom. The number of carbonyl (C=O) groups is 2. The van der Waals surface area contributed by atoms with Crippen LogP contribution < -0.4 is 0 Å². The average molecular weight is 523 g/mol. The topological polar surface area (TPSA) is 129 Å². The third kappa shape index (κ3) is 8.16. The molecule has 1 saturated heterocycles. The highest BCUT2D eigenvalue weighted by Crippen LogP contribution is 2.35. The monoisotopic (exact) mass is 522 g/mol. The molecule has 1 amide bonds. The van der Waals surface area contributed by atoms with Gasteiger partial charge in [-0.2, -0.15) is 17.5 Å². The number of aliphatic carboxylic acids is 1. The third-order valence-electron chi connectivity index (χ3n) is 5.45. The van der Waals surface area contributed by atoms with Crippen molar-refractivity contribution in [2.45, 2.75) is 57.3 Å². The standard InChI is InChI=1S/C19H28N4O4S.C2HF3O2/c1-3-4-12-28(25,26)23-11-7-9-19(15-23)13-17(21-27-19)18(24)22(2)14-16-8-5-6-10-20-16;3-2(4,5)1(6)7/h5-6,8,10H,3-4,7,9,11-15H2,1-2H3;(H,6,7). The van der Waals surface area contributed by atoms with Gasteiger partial charge in [-0.15, -0.1) is 0 Å². The predicted octanol–water partition coefficient (Wildman–Crippen LogP) is 2.41. The van der Waals surface area contributed by atoms with E-state index < -0.39 is 27.8 Å². The molecule has 0 saturated carbocycles. The van der Waals surface area contributed by atoms with Gasteiger partial charge in [-0.3, -0.25) is 9.78 Å². The second-order valence-electron chi connectivity index (χ2n) is 8.38. The van der Waals surface area contributed by atoms with Crippen LogP contribution in [0.4, 0.5) is 13.2 Å². The van der Waals surface area contributed by atoms with Crippen molar-refractivity contribution >= 4 is 27.6 Å². The summed E-state index contributed by atoms with van der Waals surface area (Å²) < 4.78 is 58.4. The molecule has 1 fully saturated rings. The largest absolute Gasteiger partial charge is 0.490 e. The molecule has 1 atom stereocenters.